The molecule has 0 bridgehead atoms. The van der Waals surface area contributed by atoms with Crippen molar-refractivity contribution in [3.05, 3.63) is 69.9 Å². The SMILES string of the molecule is CC(C)=CCCC(C)=CCCC(C)=CCCC=C(C)CCC=C(C)CCC=C(C=O)C=O. The average Bonchev–Trinajstić information content (AvgIpc) is 2.74. The minimum atomic E-state index is 0.238. The van der Waals surface area contributed by atoms with E-state index >= 15 is 0 Å². The number of rotatable bonds is 17. The number of carbonyl (C=O) groups excluding carboxylic acids is 2. The lowest BCUT2D eigenvalue weighted by Crippen LogP contribution is -1.86. The molecule has 0 aromatic rings. The number of unbranched alkanes of at least 4 members (excludes halogenated alkanes) is 1. The molecule has 0 aliphatic rings. The standard InChI is InChI=1S/C30H46O2/c1-25(2)13-9-16-28(5)19-10-17-26(3)14-7-8-15-27(4)18-11-20-29(6)21-12-22-30(23-31)24-32/h13-15,19-20,22-24H,7-12,16-18,21H2,1-6H3. The fourth-order valence-corrected chi connectivity index (χ4v) is 3.34. The number of hydrogen-bond acceptors (Lipinski definition) is 2. The predicted molar refractivity (Wildman–Crippen MR) is 141 cm³/mol. The summed E-state index contributed by atoms with van der Waals surface area (Å²) >= 11 is 0. The van der Waals surface area contributed by atoms with Crippen LogP contribution in [0.25, 0.3) is 0 Å². The second-order valence-corrected chi connectivity index (χ2v) is 9.16. The maximum atomic E-state index is 10.6. The highest BCUT2D eigenvalue weighted by atomic mass is 16.1. The Labute approximate surface area is 198 Å². The first-order chi connectivity index (χ1) is 15.3. The summed E-state index contributed by atoms with van der Waals surface area (Å²) in [5.74, 6) is 0. The zero-order chi connectivity index (χ0) is 24.2. The van der Waals surface area contributed by atoms with Gasteiger partial charge in [-0.2, -0.15) is 0 Å². The van der Waals surface area contributed by atoms with Gasteiger partial charge >= 0.3 is 0 Å². The quantitative estimate of drug-likeness (QED) is 0.0567. The van der Waals surface area contributed by atoms with Crippen LogP contribution in [-0.4, -0.2) is 12.6 Å². The van der Waals surface area contributed by atoms with Crippen LogP contribution in [0, 0.1) is 0 Å². The highest BCUT2D eigenvalue weighted by molar-refractivity contribution is 5.99. The number of allylic oxidation sites excluding steroid dienone is 12. The van der Waals surface area contributed by atoms with E-state index in [2.05, 4.69) is 71.9 Å². The monoisotopic (exact) mass is 438 g/mol. The molecule has 0 aliphatic heterocycles. The van der Waals surface area contributed by atoms with Crippen molar-refractivity contribution in [2.75, 3.05) is 0 Å². The zero-order valence-electron chi connectivity index (χ0n) is 21.5. The van der Waals surface area contributed by atoms with Crippen molar-refractivity contribution >= 4 is 12.6 Å². The van der Waals surface area contributed by atoms with Gasteiger partial charge in [0.1, 0.15) is 0 Å². The van der Waals surface area contributed by atoms with Crippen molar-refractivity contribution in [1.82, 2.24) is 0 Å². The Bertz CT molecular complexity index is 725. The highest BCUT2D eigenvalue weighted by Crippen LogP contribution is 2.14. The fraction of sp³-hybridized carbons (Fsp3) is 0.533. The van der Waals surface area contributed by atoms with Gasteiger partial charge in [0.25, 0.3) is 0 Å². The molecule has 0 amide bonds. The van der Waals surface area contributed by atoms with Crippen LogP contribution in [0.3, 0.4) is 0 Å². The summed E-state index contributed by atoms with van der Waals surface area (Å²) in [6.45, 7) is 13.1. The zero-order valence-corrected chi connectivity index (χ0v) is 21.5. The molecular formula is C30H46O2. The second kappa shape index (κ2) is 19.5. The van der Waals surface area contributed by atoms with Crippen LogP contribution in [0.5, 0.6) is 0 Å². The molecule has 2 nitrogen and oxygen atoms in total. The van der Waals surface area contributed by atoms with E-state index < -0.39 is 0 Å². The van der Waals surface area contributed by atoms with E-state index in [1.807, 2.05) is 0 Å². The molecule has 0 N–H and O–H groups in total. The Kier molecular flexibility index (Phi) is 18.1. The van der Waals surface area contributed by atoms with Gasteiger partial charge in [0.2, 0.25) is 0 Å². The minimum Gasteiger partial charge on any atom is -0.298 e. The van der Waals surface area contributed by atoms with Crippen LogP contribution in [-0.2, 0) is 9.59 Å². The van der Waals surface area contributed by atoms with Crippen molar-refractivity contribution in [3.8, 4) is 0 Å². The molecule has 0 aromatic carbocycles. The van der Waals surface area contributed by atoms with Gasteiger partial charge in [-0.25, -0.2) is 0 Å². The Balaban J connectivity index is 4.12. The van der Waals surface area contributed by atoms with E-state index in [0.717, 1.165) is 57.8 Å². The fourth-order valence-electron chi connectivity index (χ4n) is 3.34. The number of aldehydes is 2. The van der Waals surface area contributed by atoms with Gasteiger partial charge in [-0.15, -0.1) is 0 Å². The molecule has 0 aliphatic carbocycles. The van der Waals surface area contributed by atoms with Crippen LogP contribution in [0.4, 0.5) is 0 Å². The molecule has 2 heteroatoms. The first kappa shape index (κ1) is 29.8. The topological polar surface area (TPSA) is 34.1 Å². The van der Waals surface area contributed by atoms with E-state index in [1.165, 1.54) is 34.3 Å². The Morgan fingerprint density at radius 1 is 0.438 bits per heavy atom. The molecule has 0 atom stereocenters. The van der Waals surface area contributed by atoms with Crippen LogP contribution in [0.2, 0.25) is 0 Å². The Hall–Kier alpha value is -2.22. The lowest BCUT2D eigenvalue weighted by molar-refractivity contribution is -0.109. The molecular weight excluding hydrogens is 392 g/mol. The lowest BCUT2D eigenvalue weighted by atomic mass is 10.0. The summed E-state index contributed by atoms with van der Waals surface area (Å²) in [6, 6.07) is 0. The number of hydrogen-bond donors (Lipinski definition) is 0. The van der Waals surface area contributed by atoms with Crippen molar-refractivity contribution in [2.24, 2.45) is 0 Å². The molecule has 178 valence electrons. The van der Waals surface area contributed by atoms with E-state index in [1.54, 1.807) is 6.08 Å². The third-order valence-electron chi connectivity index (χ3n) is 5.50. The van der Waals surface area contributed by atoms with Crippen molar-refractivity contribution < 1.29 is 9.59 Å². The molecule has 0 aromatic heterocycles. The molecule has 32 heavy (non-hydrogen) atoms. The molecule has 0 heterocycles. The molecule has 0 saturated carbocycles. The van der Waals surface area contributed by atoms with Crippen molar-refractivity contribution in [1.29, 1.82) is 0 Å². The van der Waals surface area contributed by atoms with Crippen LogP contribution in [0.1, 0.15) is 106 Å². The number of carbonyl (C=O) groups is 2. The van der Waals surface area contributed by atoms with Gasteiger partial charge in [0, 0.05) is 0 Å². The van der Waals surface area contributed by atoms with Gasteiger partial charge in [-0.3, -0.25) is 9.59 Å². The van der Waals surface area contributed by atoms with Crippen molar-refractivity contribution in [2.45, 2.75) is 106 Å². The second-order valence-electron chi connectivity index (χ2n) is 9.16. The summed E-state index contributed by atoms with van der Waals surface area (Å²) in [5, 5.41) is 0. The lowest BCUT2D eigenvalue weighted by Gasteiger charge is -2.02. The van der Waals surface area contributed by atoms with Crippen LogP contribution >= 0.6 is 0 Å². The average molecular weight is 439 g/mol. The largest absolute Gasteiger partial charge is 0.298 e. The van der Waals surface area contributed by atoms with Gasteiger partial charge in [-0.1, -0.05) is 64.3 Å². The summed E-state index contributed by atoms with van der Waals surface area (Å²) < 4.78 is 0. The molecule has 0 rings (SSSR count). The third kappa shape index (κ3) is 18.5. The summed E-state index contributed by atoms with van der Waals surface area (Å²) in [5.41, 5.74) is 7.39. The summed E-state index contributed by atoms with van der Waals surface area (Å²) in [6.07, 6.45) is 25.3. The first-order valence-corrected chi connectivity index (χ1v) is 12.1. The van der Waals surface area contributed by atoms with Gasteiger partial charge in [0.05, 0.1) is 5.57 Å². The normalized spacial score (nSPS) is 13.1. The molecule has 0 spiro atoms. The summed E-state index contributed by atoms with van der Waals surface area (Å²) in [7, 11) is 0. The molecule has 0 unspecified atom stereocenters. The maximum Gasteiger partial charge on any atom is 0.153 e. The van der Waals surface area contributed by atoms with E-state index in [4.69, 9.17) is 0 Å². The van der Waals surface area contributed by atoms with E-state index in [9.17, 15) is 9.59 Å². The third-order valence-corrected chi connectivity index (χ3v) is 5.50. The Morgan fingerprint density at radius 3 is 1.09 bits per heavy atom. The van der Waals surface area contributed by atoms with Crippen molar-refractivity contribution in [3.63, 3.8) is 0 Å². The van der Waals surface area contributed by atoms with Crippen LogP contribution in [0.15, 0.2) is 69.9 Å². The smallest absolute Gasteiger partial charge is 0.153 e. The predicted octanol–water partition coefficient (Wildman–Crippen LogP) is 8.96. The molecule has 0 saturated heterocycles. The maximum absolute atomic E-state index is 10.6. The van der Waals surface area contributed by atoms with Gasteiger partial charge < -0.3 is 0 Å². The summed E-state index contributed by atoms with van der Waals surface area (Å²) in [4.78, 5) is 21.2. The first-order valence-electron chi connectivity index (χ1n) is 12.1. The highest BCUT2D eigenvalue weighted by Gasteiger charge is 1.95. The van der Waals surface area contributed by atoms with E-state index in [-0.39, 0.29) is 5.57 Å². The molecule has 0 radical (unpaired) electrons. The minimum absolute atomic E-state index is 0.238. The van der Waals surface area contributed by atoms with E-state index in [0.29, 0.717) is 12.6 Å². The Morgan fingerprint density at radius 2 is 0.750 bits per heavy atom. The van der Waals surface area contributed by atoms with Gasteiger partial charge in [-0.05, 0) is 106 Å². The molecule has 0 fully saturated rings. The van der Waals surface area contributed by atoms with Crippen LogP contribution < -0.4 is 0 Å². The van der Waals surface area contributed by atoms with Gasteiger partial charge in [0.15, 0.2) is 12.6 Å².